The van der Waals surface area contributed by atoms with Crippen LogP contribution < -0.4 is 15.4 Å². The molecule has 2 bridgehead atoms. The first-order chi connectivity index (χ1) is 20.5. The molecule has 4 aliphatic rings. The summed E-state index contributed by atoms with van der Waals surface area (Å²) in [5, 5.41) is 0. The molecule has 6 nitrogen and oxygen atoms in total. The number of carbonyl (C=O) groups is 1. The summed E-state index contributed by atoms with van der Waals surface area (Å²) in [4.78, 5) is 25.2. The minimum absolute atomic E-state index is 0.0130. The van der Waals surface area contributed by atoms with Crippen LogP contribution in [0, 0.1) is 24.1 Å². The van der Waals surface area contributed by atoms with E-state index in [1.54, 1.807) is 19.4 Å². The van der Waals surface area contributed by atoms with Crippen LogP contribution in [0.5, 0.6) is 5.75 Å². The van der Waals surface area contributed by atoms with Crippen molar-refractivity contribution in [1.82, 2.24) is 4.98 Å². The second kappa shape index (κ2) is 12.4. The van der Waals surface area contributed by atoms with E-state index in [9.17, 15) is 4.79 Å². The fourth-order valence-corrected chi connectivity index (χ4v) is 7.58. The predicted octanol–water partition coefficient (Wildman–Crippen LogP) is 7.91. The maximum Gasteiger partial charge on any atom is 0.231 e. The van der Waals surface area contributed by atoms with Crippen molar-refractivity contribution in [1.29, 1.82) is 0 Å². The number of halogens is 1. The highest BCUT2D eigenvalue weighted by Crippen LogP contribution is 2.58. The SMILES string of the molecule is COc1ccc(C23CCC(CN(C(=O)C4CCCCC4)c4cc(/C(C=NC(C)(C)C)=C/N)c(F)cn4)(CC2)CC3)cc1C. The van der Waals surface area contributed by atoms with Crippen molar-refractivity contribution < 1.29 is 13.9 Å². The third kappa shape index (κ3) is 6.66. The normalized spacial score (nSPS) is 24.8. The number of anilines is 1. The second-order valence-electron chi connectivity index (χ2n) is 14.3. The minimum atomic E-state index is -0.473. The fraction of sp³-hybridized carbons (Fsp3) is 0.583. The highest BCUT2D eigenvalue weighted by molar-refractivity contribution is 6.10. The molecule has 0 radical (unpaired) electrons. The number of benzene rings is 1. The van der Waals surface area contributed by atoms with Gasteiger partial charge in [-0.15, -0.1) is 0 Å². The Bertz CT molecular complexity index is 1360. The lowest BCUT2D eigenvalue weighted by Crippen LogP contribution is -2.51. The van der Waals surface area contributed by atoms with E-state index in [2.05, 4.69) is 35.1 Å². The Morgan fingerprint density at radius 3 is 2.37 bits per heavy atom. The third-order valence-electron chi connectivity index (χ3n) is 10.3. The summed E-state index contributed by atoms with van der Waals surface area (Å²) in [6.07, 6.45) is 15.9. The summed E-state index contributed by atoms with van der Waals surface area (Å²) in [5.74, 6) is 1.09. The molecule has 0 spiro atoms. The van der Waals surface area contributed by atoms with E-state index in [0.717, 1.165) is 70.0 Å². The van der Waals surface area contributed by atoms with Gasteiger partial charge in [-0.2, -0.15) is 0 Å². The van der Waals surface area contributed by atoms with Gasteiger partial charge in [-0.3, -0.25) is 14.7 Å². The molecule has 0 atom stereocenters. The van der Waals surface area contributed by atoms with E-state index in [1.807, 2.05) is 25.7 Å². The highest BCUT2D eigenvalue weighted by Gasteiger charge is 2.50. The number of ether oxygens (including phenoxy) is 1. The molecule has 43 heavy (non-hydrogen) atoms. The Hall–Kier alpha value is -3.22. The molecular weight excluding hydrogens is 539 g/mol. The number of hydrogen-bond acceptors (Lipinski definition) is 5. The number of hydrogen-bond donors (Lipinski definition) is 1. The number of aliphatic imine (C=N–C) groups is 1. The zero-order valence-corrected chi connectivity index (χ0v) is 26.7. The summed E-state index contributed by atoms with van der Waals surface area (Å²) in [7, 11) is 1.72. The number of nitrogens with zero attached hydrogens (tertiary/aromatic N) is 3. The Kier molecular flexibility index (Phi) is 9.01. The number of aryl methyl sites for hydroxylation is 1. The molecule has 4 fully saturated rings. The summed E-state index contributed by atoms with van der Waals surface area (Å²) in [6.45, 7) is 8.68. The fourth-order valence-electron chi connectivity index (χ4n) is 7.58. The molecule has 7 heteroatoms. The molecule has 1 amide bonds. The number of methoxy groups -OCH3 is 1. The average Bonchev–Trinajstić information content (AvgIpc) is 3.01. The number of rotatable bonds is 8. The van der Waals surface area contributed by atoms with Crippen LogP contribution >= 0.6 is 0 Å². The number of amides is 1. The molecule has 6 rings (SSSR count). The summed E-state index contributed by atoms with van der Waals surface area (Å²) in [5.41, 5.74) is 9.24. The number of nitrogens with two attached hydrogens (primary N) is 1. The summed E-state index contributed by atoms with van der Waals surface area (Å²) < 4.78 is 20.7. The lowest BCUT2D eigenvalue weighted by molar-refractivity contribution is -0.124. The van der Waals surface area contributed by atoms with Crippen LogP contribution in [0.15, 0.2) is 41.7 Å². The monoisotopic (exact) mass is 588 g/mol. The van der Waals surface area contributed by atoms with Crippen LogP contribution in [0.3, 0.4) is 0 Å². The van der Waals surface area contributed by atoms with Crippen molar-refractivity contribution in [3.05, 3.63) is 59.2 Å². The Morgan fingerprint density at radius 1 is 1.12 bits per heavy atom. The minimum Gasteiger partial charge on any atom is -0.496 e. The smallest absolute Gasteiger partial charge is 0.231 e. The van der Waals surface area contributed by atoms with E-state index in [-0.39, 0.29) is 28.2 Å². The van der Waals surface area contributed by atoms with Gasteiger partial charge in [-0.25, -0.2) is 9.37 Å². The molecule has 232 valence electrons. The highest BCUT2D eigenvalue weighted by atomic mass is 19.1. The van der Waals surface area contributed by atoms with Gasteiger partial charge in [0.15, 0.2) is 0 Å². The van der Waals surface area contributed by atoms with Gasteiger partial charge in [-0.05, 0) is 113 Å². The van der Waals surface area contributed by atoms with Crippen LogP contribution in [0.1, 0.15) is 108 Å². The van der Waals surface area contributed by atoms with Crippen molar-refractivity contribution >= 4 is 23.5 Å². The maximum absolute atomic E-state index is 15.2. The van der Waals surface area contributed by atoms with E-state index in [0.29, 0.717) is 23.5 Å². The lowest BCUT2D eigenvalue weighted by atomic mass is 9.51. The summed E-state index contributed by atoms with van der Waals surface area (Å²) >= 11 is 0. The predicted molar refractivity (Wildman–Crippen MR) is 173 cm³/mol. The van der Waals surface area contributed by atoms with Crippen LogP contribution in [-0.4, -0.2) is 36.3 Å². The van der Waals surface area contributed by atoms with E-state index in [4.69, 9.17) is 10.5 Å². The van der Waals surface area contributed by atoms with Crippen LogP contribution in [0.25, 0.3) is 5.57 Å². The van der Waals surface area contributed by atoms with Crippen molar-refractivity contribution in [2.45, 2.75) is 109 Å². The molecule has 2 N–H and O–H groups in total. The molecule has 1 aromatic carbocycles. The standard InChI is InChI=1S/C36H49FN4O2/c1-25-19-28(11-12-31(25)43-5)36-16-13-35(14-17-36,15-18-36)24-41(33(42)26-9-7-6-8-10-26)32-20-29(30(37)23-39-32)27(21-38)22-40-34(2,3)4/h11-12,19-23,26H,6-10,13-18,24,38H2,1-5H3/b27-21+,40-22?. The number of allylic oxidation sites excluding steroid dienone is 1. The van der Waals surface area contributed by atoms with Crippen molar-refractivity contribution in [2.75, 3.05) is 18.6 Å². The van der Waals surface area contributed by atoms with Gasteiger partial charge in [0.1, 0.15) is 17.4 Å². The van der Waals surface area contributed by atoms with Gasteiger partial charge >= 0.3 is 0 Å². The summed E-state index contributed by atoms with van der Waals surface area (Å²) in [6, 6.07) is 8.37. The van der Waals surface area contributed by atoms with Gasteiger partial charge in [0, 0.05) is 36.0 Å². The number of fused-ring (bicyclic) bond motifs is 3. The average molecular weight is 589 g/mol. The largest absolute Gasteiger partial charge is 0.496 e. The first kappa shape index (κ1) is 31.2. The Morgan fingerprint density at radius 2 is 1.79 bits per heavy atom. The Labute approximate surface area is 257 Å². The number of aromatic nitrogens is 1. The molecule has 0 aliphatic heterocycles. The van der Waals surface area contributed by atoms with Crippen molar-refractivity contribution in [3.8, 4) is 5.75 Å². The molecule has 1 aromatic heterocycles. The van der Waals surface area contributed by atoms with Gasteiger partial charge in [0.05, 0.1) is 18.8 Å². The third-order valence-corrected chi connectivity index (χ3v) is 10.3. The quantitative estimate of drug-likeness (QED) is 0.318. The first-order valence-corrected chi connectivity index (χ1v) is 16.1. The lowest BCUT2D eigenvalue weighted by Gasteiger charge is -2.55. The molecule has 1 heterocycles. The molecule has 4 saturated carbocycles. The Balaban J connectivity index is 1.44. The van der Waals surface area contributed by atoms with E-state index >= 15 is 4.39 Å². The van der Waals surface area contributed by atoms with Crippen LogP contribution in [-0.2, 0) is 10.2 Å². The second-order valence-corrected chi connectivity index (χ2v) is 14.3. The van der Waals surface area contributed by atoms with Crippen molar-refractivity contribution in [2.24, 2.45) is 22.1 Å². The van der Waals surface area contributed by atoms with Crippen LogP contribution in [0.4, 0.5) is 10.2 Å². The van der Waals surface area contributed by atoms with Crippen LogP contribution in [0.2, 0.25) is 0 Å². The molecule has 0 saturated heterocycles. The maximum atomic E-state index is 15.2. The molecule has 2 aromatic rings. The van der Waals surface area contributed by atoms with Gasteiger partial charge in [0.2, 0.25) is 5.91 Å². The van der Waals surface area contributed by atoms with Crippen molar-refractivity contribution in [3.63, 3.8) is 0 Å². The van der Waals surface area contributed by atoms with Gasteiger partial charge in [0.25, 0.3) is 0 Å². The molecule has 0 unspecified atom stereocenters. The van der Waals surface area contributed by atoms with Gasteiger partial charge < -0.3 is 10.5 Å². The van der Waals surface area contributed by atoms with Gasteiger partial charge in [-0.1, -0.05) is 31.4 Å². The first-order valence-electron chi connectivity index (χ1n) is 16.1. The number of pyridine rings is 1. The zero-order chi connectivity index (χ0) is 30.8. The molecule has 4 aliphatic carbocycles. The van der Waals surface area contributed by atoms with E-state index < -0.39 is 5.82 Å². The van der Waals surface area contributed by atoms with E-state index in [1.165, 1.54) is 29.9 Å². The zero-order valence-electron chi connectivity index (χ0n) is 26.7. The number of carbonyl (C=O) groups excluding carboxylic acids is 1. The molecular formula is C36H49FN4O2. The topological polar surface area (TPSA) is 80.8 Å².